The molecule has 6 nitrogen and oxygen atoms in total. The minimum Gasteiger partial charge on any atom is -0.496 e. The van der Waals surface area contributed by atoms with Crippen molar-refractivity contribution < 1.29 is 9.53 Å². The zero-order chi connectivity index (χ0) is 23.5. The predicted molar refractivity (Wildman–Crippen MR) is 136 cm³/mol. The molecule has 1 aliphatic heterocycles. The first-order chi connectivity index (χ1) is 16.6. The van der Waals surface area contributed by atoms with Gasteiger partial charge in [0.2, 0.25) is 0 Å². The summed E-state index contributed by atoms with van der Waals surface area (Å²) >= 11 is 0. The van der Waals surface area contributed by atoms with E-state index < -0.39 is 0 Å². The van der Waals surface area contributed by atoms with E-state index in [-0.39, 0.29) is 5.91 Å². The maximum absolute atomic E-state index is 13.5. The summed E-state index contributed by atoms with van der Waals surface area (Å²) in [7, 11) is 1.62. The zero-order valence-corrected chi connectivity index (χ0v) is 19.5. The van der Waals surface area contributed by atoms with E-state index in [1.807, 2.05) is 66.7 Å². The molecule has 0 aliphatic carbocycles. The van der Waals surface area contributed by atoms with Gasteiger partial charge in [-0.05, 0) is 67.8 Å². The van der Waals surface area contributed by atoms with Crippen LogP contribution in [0, 0.1) is 6.92 Å². The lowest BCUT2D eigenvalue weighted by Crippen LogP contribution is -2.19. The molecule has 1 N–H and O–H groups in total. The normalized spacial score (nSPS) is 13.2. The number of aromatic nitrogens is 2. The largest absolute Gasteiger partial charge is 0.496 e. The lowest BCUT2D eigenvalue weighted by Gasteiger charge is -2.20. The number of hydrogen-bond acceptors (Lipinski definition) is 4. The fourth-order valence-electron chi connectivity index (χ4n) is 4.54. The summed E-state index contributed by atoms with van der Waals surface area (Å²) in [4.78, 5) is 15.9. The van der Waals surface area contributed by atoms with E-state index in [9.17, 15) is 4.79 Å². The molecule has 6 heteroatoms. The number of carbonyl (C=O) groups excluding carboxylic acids is 1. The van der Waals surface area contributed by atoms with Crippen molar-refractivity contribution in [3.8, 4) is 22.7 Å². The van der Waals surface area contributed by atoms with Gasteiger partial charge in [-0.25, -0.2) is 4.68 Å². The van der Waals surface area contributed by atoms with Crippen LogP contribution in [0.5, 0.6) is 5.75 Å². The van der Waals surface area contributed by atoms with Crippen molar-refractivity contribution in [3.05, 3.63) is 90.1 Å². The molecule has 0 radical (unpaired) electrons. The lowest BCUT2D eigenvalue weighted by atomic mass is 10.1. The van der Waals surface area contributed by atoms with Crippen LogP contribution in [-0.4, -0.2) is 35.9 Å². The van der Waals surface area contributed by atoms with Gasteiger partial charge >= 0.3 is 0 Å². The standard InChI is InChI=1S/C28H28N4O2/c1-20-18-21(14-15-25(20)31-16-8-9-17-31)29-28(33)24-19-32(22-10-4-3-5-11-22)30-27(24)23-12-6-7-13-26(23)34-2/h3-7,10-15,18-19H,8-9,16-17H2,1-2H3,(H,29,33). The van der Waals surface area contributed by atoms with E-state index in [1.165, 1.54) is 18.5 Å². The molecule has 1 saturated heterocycles. The Hall–Kier alpha value is -4.06. The number of carbonyl (C=O) groups is 1. The van der Waals surface area contributed by atoms with Crippen LogP contribution in [0.25, 0.3) is 16.9 Å². The molecule has 1 amide bonds. The van der Waals surface area contributed by atoms with E-state index in [0.29, 0.717) is 17.0 Å². The van der Waals surface area contributed by atoms with Gasteiger partial charge in [0.15, 0.2) is 0 Å². The number of anilines is 2. The Kier molecular flexibility index (Phi) is 6.04. The molecule has 0 spiro atoms. The van der Waals surface area contributed by atoms with Crippen LogP contribution in [-0.2, 0) is 0 Å². The predicted octanol–water partition coefficient (Wildman–Crippen LogP) is 5.71. The van der Waals surface area contributed by atoms with Gasteiger partial charge in [-0.2, -0.15) is 5.10 Å². The molecule has 1 aromatic heterocycles. The maximum Gasteiger partial charge on any atom is 0.259 e. The molecule has 1 fully saturated rings. The third-order valence-corrected chi connectivity index (χ3v) is 6.24. The average Bonchev–Trinajstić information content (AvgIpc) is 3.55. The Morgan fingerprint density at radius 3 is 2.44 bits per heavy atom. The molecular weight excluding hydrogens is 424 g/mol. The number of benzene rings is 3. The number of nitrogens with one attached hydrogen (secondary N) is 1. The number of methoxy groups -OCH3 is 1. The number of rotatable bonds is 6. The number of aryl methyl sites for hydroxylation is 1. The quantitative estimate of drug-likeness (QED) is 0.407. The van der Waals surface area contributed by atoms with Gasteiger partial charge in [0.25, 0.3) is 5.91 Å². The van der Waals surface area contributed by atoms with Gasteiger partial charge in [-0.15, -0.1) is 0 Å². The van der Waals surface area contributed by atoms with Gasteiger partial charge in [0.05, 0.1) is 18.4 Å². The second kappa shape index (κ2) is 9.43. The Bertz CT molecular complexity index is 1310. The van der Waals surface area contributed by atoms with Crippen LogP contribution in [0.4, 0.5) is 11.4 Å². The Labute approximate surface area is 199 Å². The number of ether oxygens (including phenoxy) is 1. The highest BCUT2D eigenvalue weighted by Crippen LogP contribution is 2.33. The van der Waals surface area contributed by atoms with Crippen LogP contribution in [0.2, 0.25) is 0 Å². The fraction of sp³-hybridized carbons (Fsp3) is 0.214. The minimum atomic E-state index is -0.212. The Morgan fingerprint density at radius 2 is 1.71 bits per heavy atom. The molecule has 4 aromatic rings. The van der Waals surface area contributed by atoms with Crippen molar-refractivity contribution in [2.75, 3.05) is 30.4 Å². The van der Waals surface area contributed by atoms with Crippen LogP contribution in [0.1, 0.15) is 28.8 Å². The van der Waals surface area contributed by atoms with Gasteiger partial charge < -0.3 is 15.0 Å². The second-order valence-corrected chi connectivity index (χ2v) is 8.52. The fourth-order valence-corrected chi connectivity index (χ4v) is 4.54. The zero-order valence-electron chi connectivity index (χ0n) is 19.5. The first-order valence-corrected chi connectivity index (χ1v) is 11.6. The van der Waals surface area contributed by atoms with E-state index in [1.54, 1.807) is 18.0 Å². The van der Waals surface area contributed by atoms with E-state index >= 15 is 0 Å². The van der Waals surface area contributed by atoms with Gasteiger partial charge in [0, 0.05) is 36.2 Å². The summed E-state index contributed by atoms with van der Waals surface area (Å²) in [5.41, 5.74) is 5.86. The topological polar surface area (TPSA) is 59.4 Å². The number of para-hydroxylation sites is 2. The van der Waals surface area contributed by atoms with Crippen molar-refractivity contribution >= 4 is 17.3 Å². The van der Waals surface area contributed by atoms with Crippen LogP contribution in [0.3, 0.4) is 0 Å². The minimum absolute atomic E-state index is 0.212. The average molecular weight is 453 g/mol. The van der Waals surface area contributed by atoms with Gasteiger partial charge in [-0.3, -0.25) is 4.79 Å². The highest BCUT2D eigenvalue weighted by Gasteiger charge is 2.22. The summed E-state index contributed by atoms with van der Waals surface area (Å²) in [6.07, 6.45) is 4.24. The monoisotopic (exact) mass is 452 g/mol. The van der Waals surface area contributed by atoms with Crippen molar-refractivity contribution in [1.82, 2.24) is 9.78 Å². The van der Waals surface area contributed by atoms with Crippen molar-refractivity contribution in [1.29, 1.82) is 0 Å². The molecular formula is C28H28N4O2. The molecule has 172 valence electrons. The van der Waals surface area contributed by atoms with Crippen molar-refractivity contribution in [3.63, 3.8) is 0 Å². The number of hydrogen-bond donors (Lipinski definition) is 1. The third-order valence-electron chi connectivity index (χ3n) is 6.24. The third kappa shape index (κ3) is 4.27. The van der Waals surface area contributed by atoms with E-state index in [2.05, 4.69) is 23.2 Å². The maximum atomic E-state index is 13.5. The van der Waals surface area contributed by atoms with E-state index in [4.69, 9.17) is 9.84 Å². The smallest absolute Gasteiger partial charge is 0.259 e. The SMILES string of the molecule is COc1ccccc1-c1nn(-c2ccccc2)cc1C(=O)Nc1ccc(N2CCCC2)c(C)c1. The molecule has 34 heavy (non-hydrogen) atoms. The Balaban J connectivity index is 1.50. The van der Waals surface area contributed by atoms with Crippen molar-refractivity contribution in [2.24, 2.45) is 0 Å². The van der Waals surface area contributed by atoms with Crippen LogP contribution in [0.15, 0.2) is 79.0 Å². The van der Waals surface area contributed by atoms with E-state index in [0.717, 1.165) is 35.6 Å². The van der Waals surface area contributed by atoms with Gasteiger partial charge in [0.1, 0.15) is 11.4 Å². The molecule has 1 aliphatic rings. The molecule has 0 saturated carbocycles. The summed E-state index contributed by atoms with van der Waals surface area (Å²) in [6, 6.07) is 23.5. The Morgan fingerprint density at radius 1 is 0.971 bits per heavy atom. The second-order valence-electron chi connectivity index (χ2n) is 8.52. The summed E-state index contributed by atoms with van der Waals surface area (Å²) in [5.74, 6) is 0.456. The number of amides is 1. The first-order valence-electron chi connectivity index (χ1n) is 11.6. The summed E-state index contributed by atoms with van der Waals surface area (Å²) in [6.45, 7) is 4.28. The first kappa shape index (κ1) is 21.8. The summed E-state index contributed by atoms with van der Waals surface area (Å²) in [5, 5.41) is 7.85. The lowest BCUT2D eigenvalue weighted by molar-refractivity contribution is 0.102. The molecule has 0 bridgehead atoms. The van der Waals surface area contributed by atoms with Gasteiger partial charge in [-0.1, -0.05) is 30.3 Å². The molecule has 0 unspecified atom stereocenters. The molecule has 5 rings (SSSR count). The highest BCUT2D eigenvalue weighted by molar-refractivity contribution is 6.08. The molecule has 2 heterocycles. The number of nitrogens with zero attached hydrogens (tertiary/aromatic N) is 3. The van der Waals surface area contributed by atoms with Crippen LogP contribution < -0.4 is 15.0 Å². The van der Waals surface area contributed by atoms with Crippen LogP contribution >= 0.6 is 0 Å². The summed E-state index contributed by atoms with van der Waals surface area (Å²) < 4.78 is 7.29. The van der Waals surface area contributed by atoms with Crippen molar-refractivity contribution in [2.45, 2.75) is 19.8 Å². The molecule has 3 aromatic carbocycles. The highest BCUT2D eigenvalue weighted by atomic mass is 16.5. The molecule has 0 atom stereocenters.